The molecule has 0 aromatic heterocycles. The Labute approximate surface area is 97.3 Å². The van der Waals surface area contributed by atoms with Gasteiger partial charge in [0.2, 0.25) is 5.91 Å². The van der Waals surface area contributed by atoms with Gasteiger partial charge >= 0.3 is 0 Å². The highest BCUT2D eigenvalue weighted by Crippen LogP contribution is 1.98. The Kier molecular flexibility index (Phi) is 6.37. The standard InChI is InChI=1S/C11H22N2O3/c1-11(14)13(7-8-15-2)4-3-12-5-9-16-10-6-12/h3-10H2,1-2H3. The van der Waals surface area contributed by atoms with Gasteiger partial charge in [-0.05, 0) is 0 Å². The fourth-order valence-electron chi connectivity index (χ4n) is 1.72. The lowest BCUT2D eigenvalue weighted by molar-refractivity contribution is -0.129. The largest absolute Gasteiger partial charge is 0.383 e. The SMILES string of the molecule is COCCN(CCN1CCOCC1)C(C)=O. The van der Waals surface area contributed by atoms with Crippen LogP contribution in [0.3, 0.4) is 0 Å². The van der Waals surface area contributed by atoms with Gasteiger partial charge in [-0.15, -0.1) is 0 Å². The molecule has 16 heavy (non-hydrogen) atoms. The van der Waals surface area contributed by atoms with Crippen molar-refractivity contribution in [1.29, 1.82) is 0 Å². The van der Waals surface area contributed by atoms with Gasteiger partial charge in [-0.2, -0.15) is 0 Å². The highest BCUT2D eigenvalue weighted by molar-refractivity contribution is 5.73. The molecule has 0 atom stereocenters. The van der Waals surface area contributed by atoms with Gasteiger partial charge in [-0.3, -0.25) is 9.69 Å². The van der Waals surface area contributed by atoms with Gasteiger partial charge in [-0.1, -0.05) is 0 Å². The third-order valence-corrected chi connectivity index (χ3v) is 2.80. The molecule has 0 unspecified atom stereocenters. The van der Waals surface area contributed by atoms with Gasteiger partial charge < -0.3 is 14.4 Å². The minimum Gasteiger partial charge on any atom is -0.383 e. The molecule has 94 valence electrons. The number of carbonyl (C=O) groups excluding carboxylic acids is 1. The minimum atomic E-state index is 0.116. The molecule has 5 heteroatoms. The molecule has 0 aromatic carbocycles. The second-order valence-corrected chi connectivity index (χ2v) is 3.95. The van der Waals surface area contributed by atoms with Crippen LogP contribution in [0.2, 0.25) is 0 Å². The number of ether oxygens (including phenoxy) is 2. The zero-order valence-corrected chi connectivity index (χ0v) is 10.3. The Balaban J connectivity index is 2.22. The molecular formula is C11H22N2O3. The lowest BCUT2D eigenvalue weighted by Gasteiger charge is -2.29. The summed E-state index contributed by atoms with van der Waals surface area (Å²) in [5, 5.41) is 0. The maximum Gasteiger partial charge on any atom is 0.219 e. The smallest absolute Gasteiger partial charge is 0.219 e. The first kappa shape index (κ1) is 13.4. The maximum atomic E-state index is 11.3. The Morgan fingerprint density at radius 1 is 1.38 bits per heavy atom. The summed E-state index contributed by atoms with van der Waals surface area (Å²) in [7, 11) is 1.65. The molecule has 1 saturated heterocycles. The van der Waals surface area contributed by atoms with E-state index < -0.39 is 0 Å². The molecule has 0 aliphatic carbocycles. The van der Waals surface area contributed by atoms with E-state index >= 15 is 0 Å². The molecule has 1 fully saturated rings. The van der Waals surface area contributed by atoms with E-state index in [0.29, 0.717) is 13.2 Å². The molecule has 0 radical (unpaired) electrons. The summed E-state index contributed by atoms with van der Waals surface area (Å²) in [6.45, 7) is 8.13. The van der Waals surface area contributed by atoms with Crippen LogP contribution in [0.5, 0.6) is 0 Å². The van der Waals surface area contributed by atoms with Crippen molar-refractivity contribution in [2.75, 3.05) is 59.7 Å². The third kappa shape index (κ3) is 4.92. The third-order valence-electron chi connectivity index (χ3n) is 2.80. The van der Waals surface area contributed by atoms with Crippen LogP contribution in [0.1, 0.15) is 6.92 Å². The molecule has 0 saturated carbocycles. The molecule has 0 N–H and O–H groups in total. The normalized spacial score (nSPS) is 17.4. The fourth-order valence-corrected chi connectivity index (χ4v) is 1.72. The van der Waals surface area contributed by atoms with E-state index in [1.165, 1.54) is 0 Å². The molecule has 1 aliphatic heterocycles. The van der Waals surface area contributed by atoms with Crippen molar-refractivity contribution in [3.63, 3.8) is 0 Å². The summed E-state index contributed by atoms with van der Waals surface area (Å²) < 4.78 is 10.3. The molecule has 5 nitrogen and oxygen atoms in total. The van der Waals surface area contributed by atoms with Crippen molar-refractivity contribution in [2.24, 2.45) is 0 Å². The van der Waals surface area contributed by atoms with E-state index in [4.69, 9.17) is 9.47 Å². The van der Waals surface area contributed by atoms with Crippen molar-refractivity contribution in [2.45, 2.75) is 6.92 Å². The van der Waals surface area contributed by atoms with Crippen LogP contribution in [0.25, 0.3) is 0 Å². The zero-order valence-electron chi connectivity index (χ0n) is 10.3. The lowest BCUT2D eigenvalue weighted by Crippen LogP contribution is -2.43. The van der Waals surface area contributed by atoms with Gasteiger partial charge in [-0.25, -0.2) is 0 Å². The van der Waals surface area contributed by atoms with Gasteiger partial charge in [0.15, 0.2) is 0 Å². The van der Waals surface area contributed by atoms with Gasteiger partial charge in [0.1, 0.15) is 0 Å². The molecular weight excluding hydrogens is 208 g/mol. The van der Waals surface area contributed by atoms with Gasteiger partial charge in [0, 0.05) is 46.8 Å². The van der Waals surface area contributed by atoms with Crippen molar-refractivity contribution >= 4 is 5.91 Å². The van der Waals surface area contributed by atoms with Crippen molar-refractivity contribution < 1.29 is 14.3 Å². The number of nitrogens with zero attached hydrogens (tertiary/aromatic N) is 2. The van der Waals surface area contributed by atoms with Crippen LogP contribution < -0.4 is 0 Å². The van der Waals surface area contributed by atoms with Crippen LogP contribution in [-0.2, 0) is 14.3 Å². The van der Waals surface area contributed by atoms with Crippen LogP contribution >= 0.6 is 0 Å². The highest BCUT2D eigenvalue weighted by atomic mass is 16.5. The van der Waals surface area contributed by atoms with E-state index in [1.54, 1.807) is 14.0 Å². The summed E-state index contributed by atoms with van der Waals surface area (Å²) in [4.78, 5) is 15.5. The van der Waals surface area contributed by atoms with Crippen molar-refractivity contribution in [3.05, 3.63) is 0 Å². The maximum absolute atomic E-state index is 11.3. The van der Waals surface area contributed by atoms with Gasteiger partial charge in [0.25, 0.3) is 0 Å². The Morgan fingerprint density at radius 3 is 2.62 bits per heavy atom. The first-order chi connectivity index (χ1) is 7.74. The predicted molar refractivity (Wildman–Crippen MR) is 61.4 cm³/mol. The minimum absolute atomic E-state index is 0.116. The summed E-state index contributed by atoms with van der Waals surface area (Å²) in [6, 6.07) is 0. The summed E-state index contributed by atoms with van der Waals surface area (Å²) >= 11 is 0. The summed E-state index contributed by atoms with van der Waals surface area (Å²) in [5.74, 6) is 0.116. The number of hydrogen-bond acceptors (Lipinski definition) is 4. The quantitative estimate of drug-likeness (QED) is 0.634. The first-order valence-corrected chi connectivity index (χ1v) is 5.78. The fraction of sp³-hybridized carbons (Fsp3) is 0.909. The van der Waals surface area contributed by atoms with Crippen molar-refractivity contribution in [1.82, 2.24) is 9.80 Å². The van der Waals surface area contributed by atoms with E-state index in [0.717, 1.165) is 39.4 Å². The van der Waals surface area contributed by atoms with Gasteiger partial charge in [0.05, 0.1) is 19.8 Å². The molecule has 1 heterocycles. The summed E-state index contributed by atoms with van der Waals surface area (Å²) in [5.41, 5.74) is 0. The Hall–Kier alpha value is -0.650. The number of morpholine rings is 1. The Bertz CT molecular complexity index is 205. The first-order valence-electron chi connectivity index (χ1n) is 5.78. The second-order valence-electron chi connectivity index (χ2n) is 3.95. The van der Waals surface area contributed by atoms with Crippen molar-refractivity contribution in [3.8, 4) is 0 Å². The number of amides is 1. The molecule has 0 aromatic rings. The summed E-state index contributed by atoms with van der Waals surface area (Å²) in [6.07, 6.45) is 0. The van der Waals surface area contributed by atoms with Crippen LogP contribution in [0.15, 0.2) is 0 Å². The zero-order chi connectivity index (χ0) is 11.8. The second kappa shape index (κ2) is 7.60. The molecule has 0 bridgehead atoms. The van der Waals surface area contributed by atoms with Crippen LogP contribution in [0, 0.1) is 0 Å². The monoisotopic (exact) mass is 230 g/mol. The number of rotatable bonds is 6. The van der Waals surface area contributed by atoms with E-state index in [1.807, 2.05) is 4.90 Å². The van der Waals surface area contributed by atoms with E-state index in [-0.39, 0.29) is 5.91 Å². The molecule has 1 amide bonds. The molecule has 0 spiro atoms. The number of carbonyl (C=O) groups is 1. The number of methoxy groups -OCH3 is 1. The predicted octanol–water partition coefficient (Wildman–Crippen LogP) is -0.186. The average molecular weight is 230 g/mol. The highest BCUT2D eigenvalue weighted by Gasteiger charge is 2.13. The van der Waals surface area contributed by atoms with Crippen LogP contribution in [0.4, 0.5) is 0 Å². The molecule has 1 aliphatic rings. The lowest BCUT2D eigenvalue weighted by atomic mass is 10.4. The van der Waals surface area contributed by atoms with E-state index in [2.05, 4.69) is 4.90 Å². The topological polar surface area (TPSA) is 42.0 Å². The number of hydrogen-bond donors (Lipinski definition) is 0. The molecule has 1 rings (SSSR count). The van der Waals surface area contributed by atoms with Crippen LogP contribution in [-0.4, -0.2) is 75.4 Å². The van der Waals surface area contributed by atoms with E-state index in [9.17, 15) is 4.79 Å². The Morgan fingerprint density at radius 2 is 2.06 bits per heavy atom. The average Bonchev–Trinajstić information content (AvgIpc) is 2.30.